The molecule has 162 valence electrons. The second-order valence-corrected chi connectivity index (χ2v) is 10.6. The van der Waals surface area contributed by atoms with Gasteiger partial charge in [-0.15, -0.1) is 34.9 Å². The normalized spacial score (nSPS) is 15.1. The van der Waals surface area contributed by atoms with Gasteiger partial charge in [0.05, 0.1) is 22.3 Å². The van der Waals surface area contributed by atoms with Crippen LogP contribution in [0.1, 0.15) is 27.8 Å². The van der Waals surface area contributed by atoms with Gasteiger partial charge in [-0.3, -0.25) is 4.79 Å². The molecular weight excluding hydrogens is 461 g/mol. The standard InChI is InChI=1S/C22H19F3N2OS3/c23-22(24,25)16-7-5-14(6-8-16)20-27-18(13-31-20)12-19(28)26-17-4-1-3-15(11-17)21-29-9-2-10-30-21/h1,3-8,11,13,21H,2,9-10,12H2,(H,26,28). The lowest BCUT2D eigenvalue weighted by molar-refractivity contribution is -0.137. The summed E-state index contributed by atoms with van der Waals surface area (Å²) in [6, 6.07) is 12.8. The van der Waals surface area contributed by atoms with Gasteiger partial charge in [0.2, 0.25) is 5.91 Å². The molecule has 1 N–H and O–H groups in total. The number of aromatic nitrogens is 1. The summed E-state index contributed by atoms with van der Waals surface area (Å²) in [5, 5.41) is 5.28. The molecule has 1 aliphatic heterocycles. The molecule has 0 saturated carbocycles. The molecule has 0 radical (unpaired) electrons. The van der Waals surface area contributed by atoms with Crippen LogP contribution in [0.4, 0.5) is 18.9 Å². The van der Waals surface area contributed by atoms with Crippen LogP contribution in [0, 0.1) is 0 Å². The van der Waals surface area contributed by atoms with Crippen molar-refractivity contribution in [1.82, 2.24) is 4.98 Å². The van der Waals surface area contributed by atoms with E-state index in [9.17, 15) is 18.0 Å². The predicted octanol–water partition coefficient (Wildman–Crippen LogP) is 6.88. The smallest absolute Gasteiger partial charge is 0.326 e. The van der Waals surface area contributed by atoms with Crippen molar-refractivity contribution >= 4 is 46.5 Å². The van der Waals surface area contributed by atoms with Crippen LogP contribution in [0.25, 0.3) is 10.6 Å². The Kier molecular flexibility index (Phi) is 6.93. The number of alkyl halides is 3. The van der Waals surface area contributed by atoms with Gasteiger partial charge in [0.15, 0.2) is 0 Å². The van der Waals surface area contributed by atoms with Gasteiger partial charge >= 0.3 is 6.18 Å². The number of thioether (sulfide) groups is 2. The van der Waals surface area contributed by atoms with E-state index in [0.717, 1.165) is 29.3 Å². The third kappa shape index (κ3) is 5.84. The zero-order valence-corrected chi connectivity index (χ0v) is 18.8. The van der Waals surface area contributed by atoms with Crippen LogP contribution in [0.15, 0.2) is 53.9 Å². The molecule has 0 bridgehead atoms. The van der Waals surface area contributed by atoms with Crippen LogP contribution in [0.2, 0.25) is 0 Å². The van der Waals surface area contributed by atoms with Gasteiger partial charge in [0.1, 0.15) is 5.01 Å². The molecular formula is C22H19F3N2OS3. The van der Waals surface area contributed by atoms with Crippen molar-refractivity contribution in [1.29, 1.82) is 0 Å². The monoisotopic (exact) mass is 480 g/mol. The quantitative estimate of drug-likeness (QED) is 0.432. The summed E-state index contributed by atoms with van der Waals surface area (Å²) in [6.45, 7) is 0. The van der Waals surface area contributed by atoms with Crippen molar-refractivity contribution in [3.63, 3.8) is 0 Å². The van der Waals surface area contributed by atoms with E-state index in [1.165, 1.54) is 35.5 Å². The fourth-order valence-corrected chi connectivity index (χ4v) is 6.83. The van der Waals surface area contributed by atoms with Gasteiger partial charge in [-0.1, -0.05) is 24.3 Å². The maximum atomic E-state index is 12.7. The highest BCUT2D eigenvalue weighted by molar-refractivity contribution is 8.16. The molecule has 0 atom stereocenters. The first kappa shape index (κ1) is 22.2. The number of carbonyl (C=O) groups is 1. The zero-order valence-electron chi connectivity index (χ0n) is 16.3. The van der Waals surface area contributed by atoms with Crippen molar-refractivity contribution in [3.8, 4) is 10.6 Å². The number of hydrogen-bond donors (Lipinski definition) is 1. The minimum Gasteiger partial charge on any atom is -0.326 e. The van der Waals surface area contributed by atoms with Gasteiger partial charge in [0.25, 0.3) is 0 Å². The SMILES string of the molecule is O=C(Cc1csc(-c2ccc(C(F)(F)F)cc2)n1)Nc1cccc(C2SCCCS2)c1. The molecule has 1 saturated heterocycles. The Morgan fingerprint density at radius 3 is 2.55 bits per heavy atom. The van der Waals surface area contributed by atoms with Crippen LogP contribution in [-0.4, -0.2) is 22.4 Å². The average molecular weight is 481 g/mol. The number of halogens is 3. The Balaban J connectivity index is 1.38. The van der Waals surface area contributed by atoms with Crippen molar-refractivity contribution in [3.05, 3.63) is 70.7 Å². The Morgan fingerprint density at radius 1 is 1.10 bits per heavy atom. The highest BCUT2D eigenvalue weighted by atomic mass is 32.2. The molecule has 1 amide bonds. The van der Waals surface area contributed by atoms with Gasteiger partial charge in [-0.25, -0.2) is 4.98 Å². The fraction of sp³-hybridized carbons (Fsp3) is 0.273. The van der Waals surface area contributed by atoms with Gasteiger partial charge < -0.3 is 5.32 Å². The molecule has 2 aromatic carbocycles. The molecule has 3 aromatic rings. The van der Waals surface area contributed by atoms with Gasteiger partial charge in [-0.2, -0.15) is 13.2 Å². The maximum Gasteiger partial charge on any atom is 0.416 e. The topological polar surface area (TPSA) is 42.0 Å². The van der Waals surface area contributed by atoms with Crippen molar-refractivity contribution in [2.75, 3.05) is 16.8 Å². The number of rotatable bonds is 5. The lowest BCUT2D eigenvalue weighted by Gasteiger charge is -2.21. The Morgan fingerprint density at radius 2 is 1.84 bits per heavy atom. The highest BCUT2D eigenvalue weighted by Gasteiger charge is 2.30. The molecule has 0 aliphatic carbocycles. The Hall–Kier alpha value is -1.97. The van der Waals surface area contributed by atoms with E-state index in [1.807, 2.05) is 41.7 Å². The minimum absolute atomic E-state index is 0.105. The molecule has 4 rings (SSSR count). The lowest BCUT2D eigenvalue weighted by atomic mass is 10.1. The van der Waals surface area contributed by atoms with E-state index >= 15 is 0 Å². The van der Waals surface area contributed by atoms with Crippen molar-refractivity contribution < 1.29 is 18.0 Å². The van der Waals surface area contributed by atoms with E-state index < -0.39 is 11.7 Å². The number of nitrogens with zero attached hydrogens (tertiary/aromatic N) is 1. The molecule has 1 fully saturated rings. The van der Waals surface area contributed by atoms with Crippen LogP contribution in [0.5, 0.6) is 0 Å². The van der Waals surface area contributed by atoms with Gasteiger partial charge in [0, 0.05) is 16.6 Å². The number of hydrogen-bond acceptors (Lipinski definition) is 5. The van der Waals surface area contributed by atoms with Crippen LogP contribution >= 0.6 is 34.9 Å². The van der Waals surface area contributed by atoms with Crippen LogP contribution < -0.4 is 5.32 Å². The van der Waals surface area contributed by atoms with Crippen LogP contribution in [0.3, 0.4) is 0 Å². The Bertz CT molecular complexity index is 1040. The largest absolute Gasteiger partial charge is 0.416 e. The molecule has 9 heteroatoms. The first-order chi connectivity index (χ1) is 14.9. The number of nitrogens with one attached hydrogen (secondary N) is 1. The predicted molar refractivity (Wildman–Crippen MR) is 124 cm³/mol. The summed E-state index contributed by atoms with van der Waals surface area (Å²) >= 11 is 5.16. The lowest BCUT2D eigenvalue weighted by Crippen LogP contribution is -2.14. The maximum absolute atomic E-state index is 12.7. The zero-order chi connectivity index (χ0) is 21.8. The Labute approximate surface area is 190 Å². The fourth-order valence-electron chi connectivity index (χ4n) is 3.14. The summed E-state index contributed by atoms with van der Waals surface area (Å²) < 4.78 is 38.6. The van der Waals surface area contributed by atoms with Crippen molar-refractivity contribution in [2.45, 2.75) is 23.6 Å². The number of anilines is 1. The molecule has 31 heavy (non-hydrogen) atoms. The first-order valence-electron chi connectivity index (χ1n) is 9.63. The van der Waals surface area contributed by atoms with Crippen molar-refractivity contribution in [2.24, 2.45) is 0 Å². The summed E-state index contributed by atoms with van der Waals surface area (Å²) in [5.74, 6) is 2.13. The minimum atomic E-state index is -4.36. The number of benzene rings is 2. The van der Waals surface area contributed by atoms with E-state index in [4.69, 9.17) is 0 Å². The summed E-state index contributed by atoms with van der Waals surface area (Å²) in [7, 11) is 0. The number of carbonyl (C=O) groups excluding carboxylic acids is 1. The molecule has 2 heterocycles. The third-order valence-corrected chi connectivity index (χ3v) is 8.58. The molecule has 0 spiro atoms. The van der Waals surface area contributed by atoms with E-state index in [2.05, 4.69) is 16.4 Å². The first-order valence-corrected chi connectivity index (χ1v) is 12.6. The number of amides is 1. The molecule has 1 aliphatic rings. The second-order valence-electron chi connectivity index (χ2n) is 7.00. The summed E-state index contributed by atoms with van der Waals surface area (Å²) in [5.41, 5.74) is 2.45. The van der Waals surface area contributed by atoms with Gasteiger partial charge in [-0.05, 0) is 47.8 Å². The van der Waals surface area contributed by atoms with E-state index in [1.54, 1.807) is 5.38 Å². The molecule has 1 aromatic heterocycles. The molecule has 3 nitrogen and oxygen atoms in total. The highest BCUT2D eigenvalue weighted by Crippen LogP contribution is 2.44. The summed E-state index contributed by atoms with van der Waals surface area (Å²) in [4.78, 5) is 16.9. The number of thiazole rings is 1. The van der Waals surface area contributed by atoms with E-state index in [-0.39, 0.29) is 12.3 Å². The summed E-state index contributed by atoms with van der Waals surface area (Å²) in [6.07, 6.45) is -3.03. The second kappa shape index (κ2) is 9.67. The van der Waals surface area contributed by atoms with E-state index in [0.29, 0.717) is 20.8 Å². The average Bonchev–Trinajstić information content (AvgIpc) is 3.22. The third-order valence-electron chi connectivity index (χ3n) is 4.62. The van der Waals surface area contributed by atoms with Crippen LogP contribution in [-0.2, 0) is 17.4 Å². The molecule has 0 unspecified atom stereocenters.